The van der Waals surface area contributed by atoms with Crippen molar-refractivity contribution in [1.82, 2.24) is 0 Å². The molecule has 1 rings (SSSR count). The molecule has 0 heterocycles. The Hall–Kier alpha value is -0.680. The number of ketones is 1. The third-order valence-corrected chi connectivity index (χ3v) is 5.06. The maximum absolute atomic E-state index is 11.8. The first kappa shape index (κ1) is 15.4. The fourth-order valence-corrected chi connectivity index (χ4v) is 3.58. The molecule has 0 saturated carbocycles. The highest BCUT2D eigenvalue weighted by Gasteiger charge is 2.20. The zero-order chi connectivity index (χ0) is 13.8. The van der Waals surface area contributed by atoms with Crippen LogP contribution in [0.2, 0.25) is 0 Å². The van der Waals surface area contributed by atoms with E-state index in [1.807, 2.05) is 13.8 Å². The van der Waals surface area contributed by atoms with Crippen LogP contribution >= 0.6 is 15.9 Å². The summed E-state index contributed by atoms with van der Waals surface area (Å²) in [6.07, 6.45) is 0.797. The zero-order valence-corrected chi connectivity index (χ0v) is 12.9. The van der Waals surface area contributed by atoms with E-state index in [1.54, 1.807) is 24.3 Å². The molecule has 1 unspecified atom stereocenters. The van der Waals surface area contributed by atoms with E-state index in [2.05, 4.69) is 15.9 Å². The van der Waals surface area contributed by atoms with Crippen molar-refractivity contribution >= 4 is 31.6 Å². The number of hydrogen-bond donors (Lipinski definition) is 0. The molecule has 0 aromatic heterocycles. The Bertz CT molecular complexity index is 506. The molecule has 0 aliphatic rings. The Kier molecular flexibility index (Phi) is 5.53. The topological polar surface area (TPSA) is 51.2 Å². The predicted molar refractivity (Wildman–Crippen MR) is 76.6 cm³/mol. The van der Waals surface area contributed by atoms with Crippen molar-refractivity contribution in [2.45, 2.75) is 20.3 Å². The first-order valence-corrected chi connectivity index (χ1v) is 8.44. The highest BCUT2D eigenvalue weighted by atomic mass is 79.9. The molecule has 1 aromatic carbocycles. The monoisotopic (exact) mass is 332 g/mol. The van der Waals surface area contributed by atoms with Crippen LogP contribution in [-0.4, -0.2) is 25.7 Å². The minimum absolute atomic E-state index is 0.0752. The molecular weight excluding hydrogens is 316 g/mol. The van der Waals surface area contributed by atoms with Crippen molar-refractivity contribution in [2.24, 2.45) is 5.92 Å². The van der Waals surface area contributed by atoms with Gasteiger partial charge in [0.2, 0.25) is 0 Å². The Morgan fingerprint density at radius 2 is 1.83 bits per heavy atom. The maximum atomic E-state index is 11.8. The van der Waals surface area contributed by atoms with Crippen LogP contribution in [0, 0.1) is 5.92 Å². The van der Waals surface area contributed by atoms with Crippen molar-refractivity contribution in [3.8, 4) is 0 Å². The van der Waals surface area contributed by atoms with Crippen LogP contribution < -0.4 is 0 Å². The van der Waals surface area contributed by atoms with Gasteiger partial charge in [-0.05, 0) is 18.1 Å². The minimum Gasteiger partial charge on any atom is -0.293 e. The Morgan fingerprint density at radius 3 is 2.33 bits per heavy atom. The van der Waals surface area contributed by atoms with Gasteiger partial charge >= 0.3 is 0 Å². The van der Waals surface area contributed by atoms with Gasteiger partial charge in [0, 0.05) is 10.0 Å². The van der Waals surface area contributed by atoms with E-state index in [0.717, 1.165) is 10.9 Å². The molecule has 0 fully saturated rings. The molecule has 0 bridgehead atoms. The molecule has 3 nitrogen and oxygen atoms in total. The lowest BCUT2D eigenvalue weighted by Crippen LogP contribution is -2.22. The van der Waals surface area contributed by atoms with Gasteiger partial charge in [-0.2, -0.15) is 0 Å². The summed E-state index contributed by atoms with van der Waals surface area (Å²) >= 11 is 3.27. The summed E-state index contributed by atoms with van der Waals surface area (Å²) in [4.78, 5) is 11.8. The average molecular weight is 333 g/mol. The number of sulfone groups is 1. The summed E-state index contributed by atoms with van der Waals surface area (Å²) in [5.74, 6) is -0.580. The second kappa shape index (κ2) is 6.48. The van der Waals surface area contributed by atoms with Crippen LogP contribution in [0.3, 0.4) is 0 Å². The molecule has 5 heteroatoms. The number of hydrogen-bond acceptors (Lipinski definition) is 3. The van der Waals surface area contributed by atoms with Crippen molar-refractivity contribution in [2.75, 3.05) is 11.5 Å². The number of benzene rings is 1. The summed E-state index contributed by atoms with van der Waals surface area (Å²) in [5, 5.41) is 0. The largest absolute Gasteiger partial charge is 0.293 e. The van der Waals surface area contributed by atoms with E-state index in [1.165, 1.54) is 0 Å². The predicted octanol–water partition coefficient (Wildman–Crippen LogP) is 3.09. The Labute approximate surface area is 117 Å². The molecule has 18 heavy (non-hydrogen) atoms. The van der Waals surface area contributed by atoms with E-state index in [-0.39, 0.29) is 17.5 Å². The highest BCUT2D eigenvalue weighted by molar-refractivity contribution is 9.10. The van der Waals surface area contributed by atoms with Crippen LogP contribution in [0.1, 0.15) is 30.6 Å². The second-order valence-electron chi connectivity index (χ2n) is 4.50. The van der Waals surface area contributed by atoms with Crippen LogP contribution in [0.25, 0.3) is 0 Å². The molecule has 1 aromatic rings. The fourth-order valence-electron chi connectivity index (χ4n) is 1.53. The Balaban J connectivity index is 2.73. The van der Waals surface area contributed by atoms with Crippen molar-refractivity contribution in [3.05, 3.63) is 34.3 Å². The second-order valence-corrected chi connectivity index (χ2v) is 7.52. The van der Waals surface area contributed by atoms with Gasteiger partial charge in [0.1, 0.15) is 5.75 Å². The summed E-state index contributed by atoms with van der Waals surface area (Å²) < 4.78 is 24.5. The molecule has 0 amide bonds. The first-order chi connectivity index (χ1) is 8.34. The van der Waals surface area contributed by atoms with Gasteiger partial charge in [-0.3, -0.25) is 4.79 Å². The maximum Gasteiger partial charge on any atom is 0.177 e. The van der Waals surface area contributed by atoms with Gasteiger partial charge < -0.3 is 0 Å². The molecule has 1 atom stereocenters. The van der Waals surface area contributed by atoms with Gasteiger partial charge in [-0.1, -0.05) is 48.3 Å². The number of Topliss-reactive ketones (excluding diaryl/α,β-unsaturated/α-hetero) is 1. The molecular formula is C13H17BrO3S. The van der Waals surface area contributed by atoms with Gasteiger partial charge in [0.25, 0.3) is 0 Å². The zero-order valence-electron chi connectivity index (χ0n) is 10.5. The van der Waals surface area contributed by atoms with Crippen molar-refractivity contribution in [1.29, 1.82) is 0 Å². The van der Waals surface area contributed by atoms with Crippen LogP contribution in [-0.2, 0) is 9.84 Å². The molecule has 0 saturated heterocycles. The quantitative estimate of drug-likeness (QED) is 0.752. The lowest BCUT2D eigenvalue weighted by molar-refractivity contribution is 0.102. The average Bonchev–Trinajstić information content (AvgIpc) is 2.28. The summed E-state index contributed by atoms with van der Waals surface area (Å²) in [6.45, 7) is 3.82. The minimum atomic E-state index is -3.31. The molecule has 0 spiro atoms. The lowest BCUT2D eigenvalue weighted by atomic mass is 10.1. The van der Waals surface area contributed by atoms with Crippen LogP contribution in [0.15, 0.2) is 28.7 Å². The van der Waals surface area contributed by atoms with E-state index in [0.29, 0.717) is 5.56 Å². The molecule has 100 valence electrons. The fraction of sp³-hybridized carbons (Fsp3) is 0.462. The number of rotatable bonds is 6. The van der Waals surface area contributed by atoms with Crippen LogP contribution in [0.5, 0.6) is 0 Å². The summed E-state index contributed by atoms with van der Waals surface area (Å²) in [5.41, 5.74) is 0.436. The van der Waals surface area contributed by atoms with Crippen molar-refractivity contribution < 1.29 is 13.2 Å². The molecule has 0 radical (unpaired) electrons. The van der Waals surface area contributed by atoms with E-state index in [4.69, 9.17) is 0 Å². The number of carbonyl (C=O) groups is 1. The summed E-state index contributed by atoms with van der Waals surface area (Å²) in [6, 6.07) is 6.72. The third kappa shape index (κ3) is 4.90. The standard InChI is InChI=1S/C13H17BrO3S/c1-3-10(2)8-18(16,17)9-13(15)11-4-6-12(14)7-5-11/h4-7,10H,3,8-9H2,1-2H3. The Morgan fingerprint density at radius 1 is 1.28 bits per heavy atom. The molecule has 0 N–H and O–H groups in total. The number of halogens is 1. The SMILES string of the molecule is CCC(C)CS(=O)(=O)CC(=O)c1ccc(Br)cc1. The van der Waals surface area contributed by atoms with Crippen molar-refractivity contribution in [3.63, 3.8) is 0 Å². The van der Waals surface area contributed by atoms with Gasteiger partial charge in [-0.15, -0.1) is 0 Å². The summed E-state index contributed by atoms with van der Waals surface area (Å²) in [7, 11) is -3.31. The smallest absolute Gasteiger partial charge is 0.177 e. The lowest BCUT2D eigenvalue weighted by Gasteiger charge is -2.09. The highest BCUT2D eigenvalue weighted by Crippen LogP contribution is 2.13. The van der Waals surface area contributed by atoms with E-state index in [9.17, 15) is 13.2 Å². The molecule has 0 aliphatic heterocycles. The van der Waals surface area contributed by atoms with E-state index >= 15 is 0 Å². The first-order valence-electron chi connectivity index (χ1n) is 5.83. The third-order valence-electron chi connectivity index (χ3n) is 2.75. The normalized spacial score (nSPS) is 13.3. The molecule has 0 aliphatic carbocycles. The number of carbonyl (C=O) groups excluding carboxylic acids is 1. The van der Waals surface area contributed by atoms with Gasteiger partial charge in [0.15, 0.2) is 15.6 Å². The van der Waals surface area contributed by atoms with E-state index < -0.39 is 15.6 Å². The van der Waals surface area contributed by atoms with Gasteiger partial charge in [-0.25, -0.2) is 8.42 Å². The van der Waals surface area contributed by atoms with Crippen LogP contribution in [0.4, 0.5) is 0 Å². The van der Waals surface area contributed by atoms with Gasteiger partial charge in [0.05, 0.1) is 5.75 Å².